The van der Waals surface area contributed by atoms with E-state index in [0.717, 1.165) is 0 Å². The van der Waals surface area contributed by atoms with Gasteiger partial charge in [0.05, 0.1) is 22.6 Å². The van der Waals surface area contributed by atoms with Gasteiger partial charge in [0, 0.05) is 10.5 Å². The van der Waals surface area contributed by atoms with Gasteiger partial charge >= 0.3 is 5.76 Å². The van der Waals surface area contributed by atoms with Crippen molar-refractivity contribution in [3.05, 3.63) is 51.2 Å². The van der Waals surface area contributed by atoms with E-state index < -0.39 is 5.76 Å². The number of hydrogen-bond acceptors (Lipinski definition) is 4. The maximum Gasteiger partial charge on any atom is 0.417 e. The first-order valence-corrected chi connectivity index (χ1v) is 6.46. The second-order valence-electron chi connectivity index (χ2n) is 4.20. The van der Waals surface area contributed by atoms with Crippen LogP contribution < -0.4 is 16.8 Å². The van der Waals surface area contributed by atoms with Gasteiger partial charge in [0.15, 0.2) is 5.58 Å². The van der Waals surface area contributed by atoms with Crippen LogP contribution in [0.1, 0.15) is 0 Å². The van der Waals surface area contributed by atoms with Crippen molar-refractivity contribution in [3.63, 3.8) is 0 Å². The molecule has 0 aliphatic rings. The summed E-state index contributed by atoms with van der Waals surface area (Å²) >= 11 is 3.26. The van der Waals surface area contributed by atoms with Gasteiger partial charge in [0.2, 0.25) is 0 Å². The predicted octanol–water partition coefficient (Wildman–Crippen LogP) is 3.35. The third-order valence-electron chi connectivity index (χ3n) is 2.79. The van der Waals surface area contributed by atoms with Crippen LogP contribution in [0.4, 0.5) is 21.5 Å². The lowest BCUT2D eigenvalue weighted by Crippen LogP contribution is -1.97. The number of oxazole rings is 1. The normalized spacial score (nSPS) is 10.9. The second-order valence-corrected chi connectivity index (χ2v) is 5.05. The summed E-state index contributed by atoms with van der Waals surface area (Å²) < 4.78 is 18.5. The standard InChI is InChI=1S/C13H9BrFN3O2/c14-7-3-6(15)1-2-9(7)17-10-5-11-12(4-8(10)16)20-13(19)18-11/h1-5,17H,16H2,(H,18,19). The molecule has 1 aromatic heterocycles. The minimum atomic E-state index is -0.542. The molecule has 0 unspecified atom stereocenters. The van der Waals surface area contributed by atoms with Crippen LogP contribution in [0.2, 0.25) is 0 Å². The Morgan fingerprint density at radius 1 is 1.25 bits per heavy atom. The molecule has 0 atom stereocenters. The van der Waals surface area contributed by atoms with E-state index in [0.29, 0.717) is 32.6 Å². The third kappa shape index (κ3) is 2.27. The molecule has 2 aromatic carbocycles. The minimum absolute atomic E-state index is 0.343. The number of halogens is 2. The monoisotopic (exact) mass is 337 g/mol. The average Bonchev–Trinajstić information content (AvgIpc) is 2.72. The number of hydrogen-bond donors (Lipinski definition) is 3. The van der Waals surface area contributed by atoms with E-state index in [9.17, 15) is 9.18 Å². The molecule has 0 aliphatic carbocycles. The zero-order valence-electron chi connectivity index (χ0n) is 10.0. The summed E-state index contributed by atoms with van der Waals surface area (Å²) in [4.78, 5) is 13.7. The van der Waals surface area contributed by atoms with Gasteiger partial charge in [-0.25, -0.2) is 9.18 Å². The molecule has 0 saturated carbocycles. The first-order valence-electron chi connectivity index (χ1n) is 5.67. The fourth-order valence-electron chi connectivity index (χ4n) is 1.86. The molecule has 0 aliphatic heterocycles. The summed E-state index contributed by atoms with van der Waals surface area (Å²) in [5.41, 5.74) is 8.47. The molecular formula is C13H9BrFN3O2. The highest BCUT2D eigenvalue weighted by Gasteiger charge is 2.09. The second kappa shape index (κ2) is 4.68. The molecule has 1 heterocycles. The van der Waals surface area contributed by atoms with Gasteiger partial charge in [-0.1, -0.05) is 0 Å². The summed E-state index contributed by atoms with van der Waals surface area (Å²) in [7, 11) is 0. The molecule has 3 rings (SSSR count). The van der Waals surface area contributed by atoms with Crippen molar-refractivity contribution in [1.29, 1.82) is 0 Å². The van der Waals surface area contributed by atoms with Gasteiger partial charge in [-0.15, -0.1) is 0 Å². The lowest BCUT2D eigenvalue weighted by Gasteiger charge is -2.11. The number of nitrogens with two attached hydrogens (primary N) is 1. The van der Waals surface area contributed by atoms with Crippen LogP contribution in [0.5, 0.6) is 0 Å². The maximum atomic E-state index is 13.0. The molecule has 3 aromatic rings. The molecule has 20 heavy (non-hydrogen) atoms. The van der Waals surface area contributed by atoms with Crippen molar-refractivity contribution in [2.75, 3.05) is 11.1 Å². The highest BCUT2D eigenvalue weighted by Crippen LogP contribution is 2.31. The number of aromatic amines is 1. The summed E-state index contributed by atoms with van der Waals surface area (Å²) in [6.07, 6.45) is 0. The Morgan fingerprint density at radius 2 is 2.05 bits per heavy atom. The summed E-state index contributed by atoms with van der Waals surface area (Å²) in [5.74, 6) is -0.885. The summed E-state index contributed by atoms with van der Waals surface area (Å²) in [5, 5.41) is 3.07. The van der Waals surface area contributed by atoms with E-state index in [-0.39, 0.29) is 5.82 Å². The highest BCUT2D eigenvalue weighted by atomic mass is 79.9. The van der Waals surface area contributed by atoms with E-state index in [1.54, 1.807) is 18.2 Å². The molecule has 102 valence electrons. The van der Waals surface area contributed by atoms with Gasteiger partial charge in [-0.2, -0.15) is 0 Å². The molecule has 0 fully saturated rings. The number of rotatable bonds is 2. The first-order chi connectivity index (χ1) is 9.52. The molecule has 7 heteroatoms. The van der Waals surface area contributed by atoms with E-state index in [2.05, 4.69) is 26.2 Å². The summed E-state index contributed by atoms with van der Waals surface area (Å²) in [6, 6.07) is 7.47. The van der Waals surface area contributed by atoms with Crippen LogP contribution >= 0.6 is 15.9 Å². The van der Waals surface area contributed by atoms with E-state index in [1.807, 2.05) is 0 Å². The van der Waals surface area contributed by atoms with Crippen LogP contribution in [0.3, 0.4) is 0 Å². The van der Waals surface area contributed by atoms with Gasteiger partial charge < -0.3 is 15.5 Å². The van der Waals surface area contributed by atoms with Gasteiger partial charge in [0.25, 0.3) is 0 Å². The van der Waals surface area contributed by atoms with Crippen LogP contribution in [0.15, 0.2) is 44.0 Å². The molecule has 5 nitrogen and oxygen atoms in total. The van der Waals surface area contributed by atoms with Crippen LogP contribution in [-0.4, -0.2) is 4.98 Å². The van der Waals surface area contributed by atoms with Gasteiger partial charge in [0.1, 0.15) is 5.82 Å². The van der Waals surface area contributed by atoms with E-state index in [4.69, 9.17) is 10.2 Å². The number of H-pyrrole nitrogens is 1. The quantitative estimate of drug-likeness (QED) is 0.626. The lowest BCUT2D eigenvalue weighted by atomic mass is 10.2. The van der Waals surface area contributed by atoms with Crippen LogP contribution in [0.25, 0.3) is 11.1 Å². The van der Waals surface area contributed by atoms with Crippen molar-refractivity contribution in [2.24, 2.45) is 0 Å². The maximum absolute atomic E-state index is 13.0. The minimum Gasteiger partial charge on any atom is -0.408 e. The smallest absolute Gasteiger partial charge is 0.408 e. The molecular weight excluding hydrogens is 329 g/mol. The first kappa shape index (κ1) is 12.7. The molecule has 0 spiro atoms. The molecule has 0 amide bonds. The SMILES string of the molecule is Nc1cc2oc(=O)[nH]c2cc1Nc1ccc(F)cc1Br. The fourth-order valence-corrected chi connectivity index (χ4v) is 2.31. The number of aromatic nitrogens is 1. The Bertz CT molecular complexity index is 856. The summed E-state index contributed by atoms with van der Waals surface area (Å²) in [6.45, 7) is 0. The van der Waals surface area contributed by atoms with Crippen LogP contribution in [-0.2, 0) is 0 Å². The van der Waals surface area contributed by atoms with Crippen molar-refractivity contribution in [1.82, 2.24) is 4.98 Å². The Labute approximate surface area is 120 Å². The highest BCUT2D eigenvalue weighted by molar-refractivity contribution is 9.10. The van der Waals surface area contributed by atoms with Crippen molar-refractivity contribution < 1.29 is 8.81 Å². The molecule has 4 N–H and O–H groups in total. The number of fused-ring (bicyclic) bond motifs is 1. The van der Waals surface area contributed by atoms with Crippen molar-refractivity contribution in [2.45, 2.75) is 0 Å². The zero-order valence-corrected chi connectivity index (χ0v) is 11.6. The average molecular weight is 338 g/mol. The van der Waals surface area contributed by atoms with Gasteiger partial charge in [-0.05, 0) is 40.2 Å². The number of nitrogens with one attached hydrogen (secondary N) is 2. The Hall–Kier alpha value is -2.28. The Balaban J connectivity index is 2.05. The molecule has 0 saturated heterocycles. The predicted molar refractivity (Wildman–Crippen MR) is 78.6 cm³/mol. The topological polar surface area (TPSA) is 84.0 Å². The van der Waals surface area contributed by atoms with Crippen molar-refractivity contribution in [3.8, 4) is 0 Å². The van der Waals surface area contributed by atoms with E-state index >= 15 is 0 Å². The van der Waals surface area contributed by atoms with Crippen LogP contribution in [0, 0.1) is 5.82 Å². The largest absolute Gasteiger partial charge is 0.417 e. The molecule has 0 bridgehead atoms. The Morgan fingerprint density at radius 3 is 2.80 bits per heavy atom. The number of anilines is 3. The molecule has 0 radical (unpaired) electrons. The number of nitrogen functional groups attached to an aromatic ring is 1. The Kier molecular flexibility index (Phi) is 2.98. The lowest BCUT2D eigenvalue weighted by molar-refractivity contribution is 0.555. The van der Waals surface area contributed by atoms with E-state index in [1.165, 1.54) is 12.1 Å². The third-order valence-corrected chi connectivity index (χ3v) is 3.45. The number of benzene rings is 2. The zero-order chi connectivity index (χ0) is 14.3. The van der Waals surface area contributed by atoms with Gasteiger partial charge in [-0.3, -0.25) is 4.98 Å². The van der Waals surface area contributed by atoms with Crippen molar-refractivity contribution >= 4 is 44.1 Å². The fraction of sp³-hybridized carbons (Fsp3) is 0.